The van der Waals surface area contributed by atoms with Gasteiger partial charge in [-0.3, -0.25) is 16.2 Å². The number of nitrogens with zero attached hydrogens (tertiary/aromatic N) is 1. The largest absolute Gasteiger partial charge is 0.297 e. The number of sulfone groups is 1. The van der Waals surface area contributed by atoms with E-state index in [4.69, 9.17) is 5.84 Å². The molecule has 19 heavy (non-hydrogen) atoms. The Bertz CT molecular complexity index is 360. The minimum Gasteiger partial charge on any atom is -0.297 e. The quantitative estimate of drug-likeness (QED) is 0.562. The first-order valence-corrected chi connectivity index (χ1v) is 9.22. The fourth-order valence-corrected chi connectivity index (χ4v) is 3.50. The number of hydrazine groups is 1. The van der Waals surface area contributed by atoms with Crippen LogP contribution in [0.25, 0.3) is 0 Å². The molecule has 0 saturated carbocycles. The molecule has 6 heteroatoms. The summed E-state index contributed by atoms with van der Waals surface area (Å²) in [5.74, 6) is 5.84. The Kier molecular flexibility index (Phi) is 6.23. The van der Waals surface area contributed by atoms with Gasteiger partial charge in [0.25, 0.3) is 0 Å². The van der Waals surface area contributed by atoms with E-state index < -0.39 is 9.84 Å². The smallest absolute Gasteiger partial charge is 0.147 e. The van der Waals surface area contributed by atoms with Crippen LogP contribution < -0.4 is 11.3 Å². The number of hydrogen-bond donors (Lipinski definition) is 2. The summed E-state index contributed by atoms with van der Waals surface area (Å²) in [5, 5.41) is 0. The van der Waals surface area contributed by atoms with Gasteiger partial charge in [-0.05, 0) is 46.2 Å². The van der Waals surface area contributed by atoms with E-state index in [1.54, 1.807) is 0 Å². The molecule has 1 unspecified atom stereocenters. The molecule has 0 aromatic carbocycles. The molecule has 1 rings (SSSR count). The van der Waals surface area contributed by atoms with Crippen molar-refractivity contribution < 1.29 is 8.42 Å². The maximum absolute atomic E-state index is 11.3. The van der Waals surface area contributed by atoms with E-state index >= 15 is 0 Å². The standard InChI is InChI=1S/C13H29N3O2S/c1-13(2,16-9-6-4-5-7-10-16)12(15-14)8-11-19(3,17)18/h12,15H,4-11,14H2,1-3H3. The Hall–Kier alpha value is -0.170. The maximum atomic E-state index is 11.3. The summed E-state index contributed by atoms with van der Waals surface area (Å²) in [4.78, 5) is 2.45. The molecule has 0 spiro atoms. The molecule has 0 aromatic heterocycles. The minimum absolute atomic E-state index is 0.0136. The first-order valence-electron chi connectivity index (χ1n) is 7.16. The molecule has 1 fully saturated rings. The van der Waals surface area contributed by atoms with E-state index in [2.05, 4.69) is 24.2 Å². The number of nitrogens with two attached hydrogens (primary N) is 1. The first-order chi connectivity index (χ1) is 8.77. The summed E-state index contributed by atoms with van der Waals surface area (Å²) >= 11 is 0. The van der Waals surface area contributed by atoms with Gasteiger partial charge in [0.05, 0.1) is 5.75 Å². The molecule has 0 amide bonds. The van der Waals surface area contributed by atoms with Gasteiger partial charge in [0.1, 0.15) is 9.84 Å². The lowest BCUT2D eigenvalue weighted by atomic mass is 9.90. The van der Waals surface area contributed by atoms with Crippen molar-refractivity contribution in [1.29, 1.82) is 0 Å². The Morgan fingerprint density at radius 3 is 2.16 bits per heavy atom. The predicted molar refractivity (Wildman–Crippen MR) is 79.6 cm³/mol. The lowest BCUT2D eigenvalue weighted by Gasteiger charge is -2.43. The molecule has 1 saturated heterocycles. The highest BCUT2D eigenvalue weighted by Gasteiger charge is 2.35. The van der Waals surface area contributed by atoms with Gasteiger partial charge in [-0.25, -0.2) is 8.42 Å². The van der Waals surface area contributed by atoms with Crippen molar-refractivity contribution in [2.45, 2.75) is 57.5 Å². The second-order valence-electron chi connectivity index (χ2n) is 6.19. The van der Waals surface area contributed by atoms with Gasteiger partial charge in [-0.2, -0.15) is 0 Å². The van der Waals surface area contributed by atoms with Crippen molar-refractivity contribution in [3.63, 3.8) is 0 Å². The zero-order chi connectivity index (χ0) is 14.5. The molecule has 0 aromatic rings. The van der Waals surface area contributed by atoms with E-state index in [-0.39, 0.29) is 17.3 Å². The van der Waals surface area contributed by atoms with Gasteiger partial charge >= 0.3 is 0 Å². The average Bonchev–Trinajstić information content (AvgIpc) is 2.56. The van der Waals surface area contributed by atoms with Crippen LogP contribution >= 0.6 is 0 Å². The maximum Gasteiger partial charge on any atom is 0.147 e. The van der Waals surface area contributed by atoms with E-state index in [0.717, 1.165) is 13.1 Å². The second-order valence-corrected chi connectivity index (χ2v) is 8.45. The van der Waals surface area contributed by atoms with E-state index in [1.807, 2.05) is 0 Å². The van der Waals surface area contributed by atoms with Crippen LogP contribution in [0.5, 0.6) is 0 Å². The van der Waals surface area contributed by atoms with Gasteiger partial charge in [-0.15, -0.1) is 0 Å². The van der Waals surface area contributed by atoms with Crippen molar-refractivity contribution in [3.8, 4) is 0 Å². The highest BCUT2D eigenvalue weighted by Crippen LogP contribution is 2.25. The van der Waals surface area contributed by atoms with E-state index in [0.29, 0.717) is 6.42 Å². The number of rotatable bonds is 6. The van der Waals surface area contributed by atoms with Crippen molar-refractivity contribution >= 4 is 9.84 Å². The van der Waals surface area contributed by atoms with Crippen LogP contribution in [0.3, 0.4) is 0 Å². The predicted octanol–water partition coefficient (Wildman–Crippen LogP) is 0.908. The van der Waals surface area contributed by atoms with E-state index in [1.165, 1.54) is 31.9 Å². The van der Waals surface area contributed by atoms with Gasteiger partial charge in [0.2, 0.25) is 0 Å². The van der Waals surface area contributed by atoms with Crippen LogP contribution in [0.15, 0.2) is 0 Å². The van der Waals surface area contributed by atoms with Crippen LogP contribution in [-0.2, 0) is 9.84 Å². The molecule has 1 aliphatic heterocycles. The van der Waals surface area contributed by atoms with Crippen LogP contribution in [0.2, 0.25) is 0 Å². The molecular weight excluding hydrogens is 262 g/mol. The van der Waals surface area contributed by atoms with Crippen molar-refractivity contribution in [3.05, 3.63) is 0 Å². The monoisotopic (exact) mass is 291 g/mol. The van der Waals surface area contributed by atoms with Gasteiger partial charge in [0, 0.05) is 17.8 Å². The second kappa shape index (κ2) is 7.02. The zero-order valence-corrected chi connectivity index (χ0v) is 13.3. The molecule has 1 atom stereocenters. The average molecular weight is 291 g/mol. The third kappa shape index (κ3) is 5.38. The molecule has 0 bridgehead atoms. The lowest BCUT2D eigenvalue weighted by Crippen LogP contribution is -2.60. The van der Waals surface area contributed by atoms with Gasteiger partial charge in [-0.1, -0.05) is 12.8 Å². The Morgan fingerprint density at radius 1 is 1.21 bits per heavy atom. The summed E-state index contributed by atoms with van der Waals surface area (Å²) in [6.45, 7) is 6.46. The molecule has 1 heterocycles. The summed E-state index contributed by atoms with van der Waals surface area (Å²) in [7, 11) is -2.94. The fourth-order valence-electron chi connectivity index (χ4n) is 2.84. The van der Waals surface area contributed by atoms with E-state index in [9.17, 15) is 8.42 Å². The Labute approximate surface area is 117 Å². The summed E-state index contributed by atoms with van der Waals surface area (Å²) in [6.07, 6.45) is 6.84. The van der Waals surface area contributed by atoms with Crippen molar-refractivity contribution in [1.82, 2.24) is 10.3 Å². The minimum atomic E-state index is -2.94. The Balaban J connectivity index is 2.69. The molecule has 0 radical (unpaired) electrons. The summed E-state index contributed by atoms with van der Waals surface area (Å²) in [5.41, 5.74) is 2.71. The topological polar surface area (TPSA) is 75.4 Å². The Morgan fingerprint density at radius 2 is 1.74 bits per heavy atom. The lowest BCUT2D eigenvalue weighted by molar-refractivity contribution is 0.0823. The van der Waals surface area contributed by atoms with Gasteiger partial charge in [0.15, 0.2) is 0 Å². The van der Waals surface area contributed by atoms with Crippen molar-refractivity contribution in [2.24, 2.45) is 5.84 Å². The van der Waals surface area contributed by atoms with Crippen molar-refractivity contribution in [2.75, 3.05) is 25.1 Å². The molecule has 5 nitrogen and oxygen atoms in total. The number of nitrogens with one attached hydrogen (secondary N) is 1. The molecular formula is C13H29N3O2S. The van der Waals surface area contributed by atoms with Gasteiger partial charge < -0.3 is 0 Å². The normalized spacial score (nSPS) is 21.1. The third-order valence-corrected chi connectivity index (χ3v) is 5.23. The summed E-state index contributed by atoms with van der Waals surface area (Å²) in [6, 6.07) is -0.0136. The van der Waals surface area contributed by atoms with Crippen LogP contribution in [0.4, 0.5) is 0 Å². The number of hydrogen-bond acceptors (Lipinski definition) is 5. The molecule has 114 valence electrons. The summed E-state index contributed by atoms with van der Waals surface area (Å²) < 4.78 is 22.7. The molecule has 3 N–H and O–H groups in total. The fraction of sp³-hybridized carbons (Fsp3) is 1.00. The number of likely N-dealkylation sites (tertiary alicyclic amines) is 1. The van der Waals surface area contributed by atoms with Crippen LogP contribution in [0, 0.1) is 0 Å². The SMILES string of the molecule is CC(C)(C(CCS(C)(=O)=O)NN)N1CCCCCC1. The molecule has 0 aliphatic carbocycles. The zero-order valence-electron chi connectivity index (χ0n) is 12.5. The van der Waals surface area contributed by atoms with Crippen LogP contribution in [-0.4, -0.2) is 50.0 Å². The first kappa shape index (κ1) is 16.9. The highest BCUT2D eigenvalue weighted by atomic mass is 32.2. The third-order valence-electron chi connectivity index (χ3n) is 4.25. The van der Waals surface area contributed by atoms with Crippen LogP contribution in [0.1, 0.15) is 46.0 Å². The highest BCUT2D eigenvalue weighted by molar-refractivity contribution is 7.90. The molecule has 1 aliphatic rings.